The maximum atomic E-state index is 6.44. The van der Waals surface area contributed by atoms with Crippen LogP contribution in [0.1, 0.15) is 30.3 Å². The molecule has 19 heavy (non-hydrogen) atoms. The third kappa shape index (κ3) is 2.26. The van der Waals surface area contributed by atoms with Crippen molar-refractivity contribution >= 4 is 11.0 Å². The highest BCUT2D eigenvalue weighted by Crippen LogP contribution is 2.28. The molecule has 3 rings (SSSR count). The van der Waals surface area contributed by atoms with Crippen molar-refractivity contribution in [2.75, 3.05) is 13.1 Å². The standard InChI is InChI=1S/C15H22N4/c1-10-18-13-9-12(3-4-14(13)19(10)2)15(16)11-5-7-17-8-6-11/h3-4,9,11,15,17H,5-8,16H2,1-2H3. The van der Waals surface area contributed by atoms with E-state index in [2.05, 4.69) is 40.1 Å². The van der Waals surface area contributed by atoms with E-state index in [1.54, 1.807) is 0 Å². The molecule has 3 N–H and O–H groups in total. The highest BCUT2D eigenvalue weighted by molar-refractivity contribution is 5.76. The molecule has 1 aliphatic rings. The van der Waals surface area contributed by atoms with Crippen LogP contribution in [0.3, 0.4) is 0 Å². The third-order valence-corrected chi connectivity index (χ3v) is 4.41. The van der Waals surface area contributed by atoms with E-state index < -0.39 is 0 Å². The molecule has 2 aromatic rings. The number of benzene rings is 1. The highest BCUT2D eigenvalue weighted by Gasteiger charge is 2.22. The van der Waals surface area contributed by atoms with Gasteiger partial charge in [0.2, 0.25) is 0 Å². The summed E-state index contributed by atoms with van der Waals surface area (Å²) in [5, 5.41) is 3.39. The monoisotopic (exact) mass is 258 g/mol. The average molecular weight is 258 g/mol. The molecule has 0 bridgehead atoms. The SMILES string of the molecule is Cc1nc2cc(C(N)C3CCNCC3)ccc2n1C. The molecule has 2 heterocycles. The van der Waals surface area contributed by atoms with E-state index in [-0.39, 0.29) is 6.04 Å². The molecule has 1 aromatic heterocycles. The summed E-state index contributed by atoms with van der Waals surface area (Å²) in [7, 11) is 2.05. The van der Waals surface area contributed by atoms with Crippen molar-refractivity contribution in [1.29, 1.82) is 0 Å². The van der Waals surface area contributed by atoms with Crippen molar-refractivity contribution in [3.63, 3.8) is 0 Å². The van der Waals surface area contributed by atoms with Gasteiger partial charge >= 0.3 is 0 Å². The van der Waals surface area contributed by atoms with E-state index in [1.165, 1.54) is 23.9 Å². The molecular formula is C15H22N4. The molecular weight excluding hydrogens is 236 g/mol. The first-order valence-electron chi connectivity index (χ1n) is 7.06. The van der Waals surface area contributed by atoms with Crippen LogP contribution in [0.25, 0.3) is 11.0 Å². The van der Waals surface area contributed by atoms with Gasteiger partial charge in [-0.05, 0) is 56.5 Å². The lowest BCUT2D eigenvalue weighted by Gasteiger charge is -2.28. The summed E-state index contributed by atoms with van der Waals surface area (Å²) in [6.07, 6.45) is 2.33. The largest absolute Gasteiger partial charge is 0.331 e. The van der Waals surface area contributed by atoms with Crippen molar-refractivity contribution in [2.24, 2.45) is 18.7 Å². The molecule has 0 saturated carbocycles. The van der Waals surface area contributed by atoms with Gasteiger partial charge in [-0.1, -0.05) is 6.07 Å². The van der Waals surface area contributed by atoms with Gasteiger partial charge in [0.15, 0.2) is 0 Å². The molecule has 0 amide bonds. The van der Waals surface area contributed by atoms with E-state index in [4.69, 9.17) is 5.73 Å². The number of nitrogens with zero attached hydrogens (tertiary/aromatic N) is 2. The first kappa shape index (κ1) is 12.6. The van der Waals surface area contributed by atoms with Gasteiger partial charge in [-0.3, -0.25) is 0 Å². The fraction of sp³-hybridized carbons (Fsp3) is 0.533. The second-order valence-electron chi connectivity index (χ2n) is 5.58. The van der Waals surface area contributed by atoms with E-state index in [1.807, 2.05) is 6.92 Å². The molecule has 1 atom stereocenters. The van der Waals surface area contributed by atoms with E-state index in [9.17, 15) is 0 Å². The Bertz CT molecular complexity index is 581. The Balaban J connectivity index is 1.91. The fourth-order valence-corrected chi connectivity index (χ4v) is 3.02. The summed E-state index contributed by atoms with van der Waals surface area (Å²) >= 11 is 0. The minimum Gasteiger partial charge on any atom is -0.331 e. The average Bonchev–Trinajstić information content (AvgIpc) is 2.74. The van der Waals surface area contributed by atoms with E-state index in [0.29, 0.717) is 5.92 Å². The normalized spacial score (nSPS) is 18.9. The first-order valence-corrected chi connectivity index (χ1v) is 7.06. The summed E-state index contributed by atoms with van der Waals surface area (Å²) < 4.78 is 2.12. The molecule has 0 radical (unpaired) electrons. The Morgan fingerprint density at radius 1 is 1.37 bits per heavy atom. The van der Waals surface area contributed by atoms with Crippen LogP contribution in [-0.4, -0.2) is 22.6 Å². The van der Waals surface area contributed by atoms with Crippen LogP contribution in [0.15, 0.2) is 18.2 Å². The zero-order valence-corrected chi connectivity index (χ0v) is 11.7. The topological polar surface area (TPSA) is 55.9 Å². The van der Waals surface area contributed by atoms with Crippen LogP contribution < -0.4 is 11.1 Å². The highest BCUT2D eigenvalue weighted by atomic mass is 15.0. The van der Waals surface area contributed by atoms with Crippen LogP contribution in [0.5, 0.6) is 0 Å². The summed E-state index contributed by atoms with van der Waals surface area (Å²) in [6.45, 7) is 4.21. The number of piperidine rings is 1. The lowest BCUT2D eigenvalue weighted by Crippen LogP contribution is -2.33. The van der Waals surface area contributed by atoms with Crippen LogP contribution in [0.2, 0.25) is 0 Å². The maximum Gasteiger partial charge on any atom is 0.106 e. The molecule has 1 unspecified atom stereocenters. The number of hydrogen-bond donors (Lipinski definition) is 2. The Morgan fingerprint density at radius 3 is 2.84 bits per heavy atom. The quantitative estimate of drug-likeness (QED) is 0.864. The van der Waals surface area contributed by atoms with Gasteiger partial charge in [0.05, 0.1) is 11.0 Å². The second-order valence-corrected chi connectivity index (χ2v) is 5.58. The maximum absolute atomic E-state index is 6.44. The van der Waals surface area contributed by atoms with Crippen LogP contribution in [0, 0.1) is 12.8 Å². The lowest BCUT2D eigenvalue weighted by molar-refractivity contribution is 0.322. The second kappa shape index (κ2) is 4.94. The molecule has 102 valence electrons. The predicted octanol–water partition coefficient (Wildman–Crippen LogP) is 1.88. The summed E-state index contributed by atoms with van der Waals surface area (Å²) in [5.41, 5.74) is 9.90. The molecule has 0 spiro atoms. The van der Waals surface area contributed by atoms with Gasteiger partial charge in [0.25, 0.3) is 0 Å². The number of aryl methyl sites for hydroxylation is 2. The molecule has 1 aliphatic heterocycles. The number of hydrogen-bond acceptors (Lipinski definition) is 3. The van der Waals surface area contributed by atoms with Crippen LogP contribution in [-0.2, 0) is 7.05 Å². The van der Waals surface area contributed by atoms with E-state index in [0.717, 1.165) is 24.4 Å². The lowest BCUT2D eigenvalue weighted by atomic mass is 9.86. The molecule has 1 aromatic carbocycles. The minimum atomic E-state index is 0.133. The molecule has 1 saturated heterocycles. The van der Waals surface area contributed by atoms with Crippen molar-refractivity contribution in [3.8, 4) is 0 Å². The Kier molecular flexibility index (Phi) is 3.29. The number of nitrogens with two attached hydrogens (primary N) is 1. The zero-order chi connectivity index (χ0) is 13.4. The smallest absolute Gasteiger partial charge is 0.106 e. The van der Waals surface area contributed by atoms with Crippen molar-refractivity contribution in [3.05, 3.63) is 29.6 Å². The van der Waals surface area contributed by atoms with Crippen molar-refractivity contribution < 1.29 is 0 Å². The van der Waals surface area contributed by atoms with Crippen LogP contribution in [0.4, 0.5) is 0 Å². The van der Waals surface area contributed by atoms with Gasteiger partial charge in [-0.15, -0.1) is 0 Å². The van der Waals surface area contributed by atoms with Gasteiger partial charge in [-0.2, -0.15) is 0 Å². The molecule has 1 fully saturated rings. The predicted molar refractivity (Wildman–Crippen MR) is 78.0 cm³/mol. The van der Waals surface area contributed by atoms with Gasteiger partial charge in [0, 0.05) is 13.1 Å². The van der Waals surface area contributed by atoms with Crippen LogP contribution >= 0.6 is 0 Å². The number of imidazole rings is 1. The minimum absolute atomic E-state index is 0.133. The number of rotatable bonds is 2. The first-order chi connectivity index (χ1) is 9.16. The number of aromatic nitrogens is 2. The summed E-state index contributed by atoms with van der Waals surface area (Å²) in [4.78, 5) is 4.60. The zero-order valence-electron chi connectivity index (χ0n) is 11.7. The van der Waals surface area contributed by atoms with E-state index >= 15 is 0 Å². The Labute approximate surface area is 114 Å². The van der Waals surface area contributed by atoms with Gasteiger partial charge in [-0.25, -0.2) is 4.98 Å². The third-order valence-electron chi connectivity index (χ3n) is 4.41. The van der Waals surface area contributed by atoms with Gasteiger partial charge in [0.1, 0.15) is 5.82 Å². The van der Waals surface area contributed by atoms with Gasteiger partial charge < -0.3 is 15.6 Å². The van der Waals surface area contributed by atoms with Crippen molar-refractivity contribution in [1.82, 2.24) is 14.9 Å². The summed E-state index contributed by atoms with van der Waals surface area (Å²) in [5.74, 6) is 1.63. The fourth-order valence-electron chi connectivity index (χ4n) is 3.02. The Morgan fingerprint density at radius 2 is 2.11 bits per heavy atom. The Hall–Kier alpha value is -1.39. The number of fused-ring (bicyclic) bond motifs is 1. The number of nitrogens with one attached hydrogen (secondary N) is 1. The van der Waals surface area contributed by atoms with Crippen molar-refractivity contribution in [2.45, 2.75) is 25.8 Å². The summed E-state index contributed by atoms with van der Waals surface area (Å²) in [6, 6.07) is 6.60. The molecule has 4 nitrogen and oxygen atoms in total. The molecule has 0 aliphatic carbocycles. The molecule has 4 heteroatoms.